The Hall–Kier alpha value is -3.62. The average Bonchev–Trinajstić information content (AvgIpc) is 3.19. The fraction of sp³-hybridized carbons (Fsp3) is 0.286. The third kappa shape index (κ3) is 3.79. The number of nitrogens with one attached hydrogen (secondary N) is 1. The van der Waals surface area contributed by atoms with Gasteiger partial charge >= 0.3 is 6.18 Å². The summed E-state index contributed by atoms with van der Waals surface area (Å²) in [5.41, 5.74) is 2.18. The number of alkyl halides is 3. The van der Waals surface area contributed by atoms with Crippen LogP contribution in [0, 0.1) is 0 Å². The highest BCUT2D eigenvalue weighted by atomic mass is 32.1. The minimum atomic E-state index is -4.70. The van der Waals surface area contributed by atoms with Crippen LogP contribution in [0.4, 0.5) is 24.8 Å². The number of aromatic amines is 1. The number of nitrogens with zero attached hydrogens (tertiary/aromatic N) is 4. The Kier molecular flexibility index (Phi) is 5.27. The van der Waals surface area contributed by atoms with Crippen molar-refractivity contribution in [3.63, 3.8) is 0 Å². The van der Waals surface area contributed by atoms with Crippen LogP contribution in [0.1, 0.15) is 18.4 Å². The summed E-state index contributed by atoms with van der Waals surface area (Å²) in [5, 5.41) is 12.1. The number of nitrogen functional groups attached to an aromatic ring is 1. The molecule has 3 aromatic heterocycles. The van der Waals surface area contributed by atoms with Crippen molar-refractivity contribution in [2.24, 2.45) is 0 Å². The first kappa shape index (κ1) is 23.1. The van der Waals surface area contributed by atoms with Crippen LogP contribution in [0.2, 0.25) is 0 Å². The summed E-state index contributed by atoms with van der Waals surface area (Å²) in [6.07, 6.45) is -6.27. The predicted octanol–water partition coefficient (Wildman–Crippen LogP) is 2.17. The van der Waals surface area contributed by atoms with Crippen molar-refractivity contribution >= 4 is 50.1 Å². The van der Waals surface area contributed by atoms with Crippen LogP contribution in [-0.2, 0) is 21.3 Å². The molecule has 4 aromatic rings. The molecule has 0 aliphatic carbocycles. The zero-order valence-electron chi connectivity index (χ0n) is 18.0. The zero-order valence-corrected chi connectivity index (χ0v) is 18.8. The minimum Gasteiger partial charge on any atom is -0.382 e. The zero-order chi connectivity index (χ0) is 25.1. The molecule has 14 heteroatoms. The Morgan fingerprint density at radius 3 is 2.74 bits per heavy atom. The Labute approximate surface area is 198 Å². The fourth-order valence-electron chi connectivity index (χ4n) is 3.95. The van der Waals surface area contributed by atoms with Crippen molar-refractivity contribution in [2.75, 3.05) is 23.8 Å². The SMILES string of the molecule is CC(O)(c1nc2ccc3c(N)nsc3c2c(=O)[nH]1)C1OCCN(c2cccc(C(F)(F)F)n2)C1=O. The molecule has 4 heterocycles. The van der Waals surface area contributed by atoms with Gasteiger partial charge < -0.3 is 20.6 Å². The third-order valence-electron chi connectivity index (χ3n) is 5.72. The highest BCUT2D eigenvalue weighted by molar-refractivity contribution is 7.14. The van der Waals surface area contributed by atoms with E-state index in [0.717, 1.165) is 28.6 Å². The Morgan fingerprint density at radius 2 is 2.00 bits per heavy atom. The highest BCUT2D eigenvalue weighted by Crippen LogP contribution is 2.34. The quantitative estimate of drug-likeness (QED) is 0.383. The normalized spacial score (nSPS) is 18.8. The van der Waals surface area contributed by atoms with Crippen molar-refractivity contribution in [3.05, 3.63) is 52.2 Å². The molecular formula is C21H17F3N6O4S. The number of pyridine rings is 1. The van der Waals surface area contributed by atoms with E-state index in [1.165, 1.54) is 13.0 Å². The van der Waals surface area contributed by atoms with Crippen molar-refractivity contribution in [2.45, 2.75) is 24.8 Å². The van der Waals surface area contributed by atoms with Gasteiger partial charge in [0.1, 0.15) is 23.2 Å². The van der Waals surface area contributed by atoms with E-state index in [1.807, 2.05) is 0 Å². The van der Waals surface area contributed by atoms with Gasteiger partial charge in [0.15, 0.2) is 11.7 Å². The van der Waals surface area contributed by atoms with Gasteiger partial charge in [0.2, 0.25) is 0 Å². The number of nitrogens with two attached hydrogens (primary N) is 1. The first-order valence-corrected chi connectivity index (χ1v) is 11.0. The van der Waals surface area contributed by atoms with Crippen LogP contribution < -0.4 is 16.2 Å². The lowest BCUT2D eigenvalue weighted by Gasteiger charge is -2.38. The molecule has 4 N–H and O–H groups in total. The number of ether oxygens (including phenoxy) is 1. The van der Waals surface area contributed by atoms with Gasteiger partial charge in [-0.3, -0.25) is 14.5 Å². The molecule has 1 aliphatic heterocycles. The van der Waals surface area contributed by atoms with Gasteiger partial charge in [0, 0.05) is 5.39 Å². The van der Waals surface area contributed by atoms with Crippen molar-refractivity contribution in [1.82, 2.24) is 19.3 Å². The molecule has 1 aliphatic rings. The summed E-state index contributed by atoms with van der Waals surface area (Å²) < 4.78 is 49.4. The maximum absolute atomic E-state index is 13.2. The van der Waals surface area contributed by atoms with E-state index in [0.29, 0.717) is 10.1 Å². The summed E-state index contributed by atoms with van der Waals surface area (Å²) >= 11 is 1.03. The van der Waals surface area contributed by atoms with Gasteiger partial charge in [-0.05, 0) is 42.7 Å². The van der Waals surface area contributed by atoms with Crippen LogP contribution >= 0.6 is 11.5 Å². The molecule has 1 amide bonds. The van der Waals surface area contributed by atoms with Crippen LogP contribution in [-0.4, -0.2) is 49.6 Å². The summed E-state index contributed by atoms with van der Waals surface area (Å²) in [6, 6.07) is 6.37. The molecule has 5 rings (SSSR count). The fourth-order valence-corrected chi connectivity index (χ4v) is 4.80. The number of H-pyrrole nitrogens is 1. The molecule has 10 nitrogen and oxygen atoms in total. The van der Waals surface area contributed by atoms with E-state index in [9.17, 15) is 27.9 Å². The highest BCUT2D eigenvalue weighted by Gasteiger charge is 2.47. The summed E-state index contributed by atoms with van der Waals surface area (Å²) in [7, 11) is 0. The van der Waals surface area contributed by atoms with Gasteiger partial charge in [-0.25, -0.2) is 9.97 Å². The number of amides is 1. The number of hydrogen-bond acceptors (Lipinski definition) is 9. The number of aliphatic hydroxyl groups is 1. The average molecular weight is 506 g/mol. The third-order valence-corrected chi connectivity index (χ3v) is 6.61. The van der Waals surface area contributed by atoms with Gasteiger partial charge in [-0.2, -0.15) is 17.5 Å². The Morgan fingerprint density at radius 1 is 1.23 bits per heavy atom. The molecular weight excluding hydrogens is 489 g/mol. The van der Waals surface area contributed by atoms with E-state index >= 15 is 0 Å². The topological polar surface area (TPSA) is 147 Å². The number of anilines is 2. The van der Waals surface area contributed by atoms with Gasteiger partial charge in [0.25, 0.3) is 11.5 Å². The smallest absolute Gasteiger partial charge is 0.382 e. The second-order valence-electron chi connectivity index (χ2n) is 8.09. The number of halogens is 3. The number of morpholine rings is 1. The summed E-state index contributed by atoms with van der Waals surface area (Å²) in [6.45, 7) is 1.06. The molecule has 35 heavy (non-hydrogen) atoms. The molecule has 1 fully saturated rings. The van der Waals surface area contributed by atoms with E-state index in [1.54, 1.807) is 12.1 Å². The number of fused-ring (bicyclic) bond motifs is 3. The predicted molar refractivity (Wildman–Crippen MR) is 121 cm³/mol. The van der Waals surface area contributed by atoms with E-state index in [2.05, 4.69) is 19.3 Å². The van der Waals surface area contributed by atoms with E-state index < -0.39 is 35.0 Å². The molecule has 0 radical (unpaired) electrons. The van der Waals surface area contributed by atoms with Crippen LogP contribution in [0.25, 0.3) is 21.0 Å². The number of carbonyl (C=O) groups is 1. The lowest BCUT2D eigenvalue weighted by atomic mass is 9.95. The largest absolute Gasteiger partial charge is 0.433 e. The van der Waals surface area contributed by atoms with E-state index in [-0.39, 0.29) is 41.5 Å². The molecule has 0 bridgehead atoms. The second-order valence-corrected chi connectivity index (χ2v) is 8.86. The Bertz CT molecular complexity index is 1530. The number of rotatable bonds is 3. The van der Waals surface area contributed by atoms with Gasteiger partial charge in [0.05, 0.1) is 28.8 Å². The Balaban J connectivity index is 1.53. The minimum absolute atomic E-state index is 0.0772. The lowest BCUT2D eigenvalue weighted by molar-refractivity contribution is -0.158. The first-order valence-electron chi connectivity index (χ1n) is 10.3. The molecule has 0 spiro atoms. The monoisotopic (exact) mass is 506 g/mol. The number of hydrogen-bond donors (Lipinski definition) is 3. The van der Waals surface area contributed by atoms with Gasteiger partial charge in [-0.1, -0.05) is 6.07 Å². The lowest BCUT2D eigenvalue weighted by Crippen LogP contribution is -2.57. The van der Waals surface area contributed by atoms with Crippen LogP contribution in [0.3, 0.4) is 0 Å². The second kappa shape index (κ2) is 7.96. The van der Waals surface area contributed by atoms with Crippen molar-refractivity contribution < 1.29 is 27.8 Å². The number of aromatic nitrogens is 4. The molecule has 2 atom stereocenters. The summed E-state index contributed by atoms with van der Waals surface area (Å²) in [4.78, 5) is 37.5. The standard InChI is InChI=1S/C21H17F3N6O4S/c1-20(33,19-26-10-6-5-9-14(35-29-16(9)25)13(10)17(31)28-19)15-18(32)30(7-8-34-15)12-4-2-3-11(27-12)21(22,23)24/h2-6,15,33H,7-8H2,1H3,(H2,25,29)(H,26,28,31). The van der Waals surface area contributed by atoms with Gasteiger partial charge in [-0.15, -0.1) is 0 Å². The molecule has 2 unspecified atom stereocenters. The van der Waals surface area contributed by atoms with Crippen LogP contribution in [0.5, 0.6) is 0 Å². The summed E-state index contributed by atoms with van der Waals surface area (Å²) in [5.74, 6) is -1.04. The van der Waals surface area contributed by atoms with Crippen molar-refractivity contribution in [3.8, 4) is 0 Å². The molecule has 182 valence electrons. The van der Waals surface area contributed by atoms with Crippen LogP contribution in [0.15, 0.2) is 35.1 Å². The first-order chi connectivity index (χ1) is 16.5. The number of benzene rings is 1. The maximum atomic E-state index is 13.2. The number of carbonyl (C=O) groups excluding carboxylic acids is 1. The molecule has 0 saturated carbocycles. The molecule has 1 saturated heterocycles. The maximum Gasteiger partial charge on any atom is 0.433 e. The molecule has 1 aromatic carbocycles. The van der Waals surface area contributed by atoms with E-state index in [4.69, 9.17) is 10.5 Å². The van der Waals surface area contributed by atoms with Crippen molar-refractivity contribution in [1.29, 1.82) is 0 Å².